The molecule has 1 fully saturated rings. The zero-order chi connectivity index (χ0) is 21.7. The van der Waals surface area contributed by atoms with Gasteiger partial charge < -0.3 is 4.57 Å². The summed E-state index contributed by atoms with van der Waals surface area (Å²) in [6.45, 7) is 10.6. The summed E-state index contributed by atoms with van der Waals surface area (Å²) in [5, 5.41) is 0.210. The second-order valence-corrected chi connectivity index (χ2v) is 8.89. The van der Waals surface area contributed by atoms with E-state index >= 15 is 0 Å². The maximum absolute atomic E-state index is 12.6. The quantitative estimate of drug-likeness (QED) is 0.428. The normalized spacial score (nSPS) is 15.4. The molecule has 0 unspecified atom stereocenters. The van der Waals surface area contributed by atoms with Gasteiger partial charge in [-0.15, -0.1) is 0 Å². The van der Waals surface area contributed by atoms with Gasteiger partial charge in [-0.1, -0.05) is 32.9 Å². The van der Waals surface area contributed by atoms with Gasteiger partial charge in [0.2, 0.25) is 0 Å². The van der Waals surface area contributed by atoms with Crippen molar-refractivity contribution in [1.29, 1.82) is 0 Å². The number of hydrogen-bond acceptors (Lipinski definition) is 3. The predicted molar refractivity (Wildman–Crippen MR) is 120 cm³/mol. The van der Waals surface area contributed by atoms with Crippen LogP contribution in [0.4, 0.5) is 0 Å². The van der Waals surface area contributed by atoms with Crippen molar-refractivity contribution in [1.82, 2.24) is 14.4 Å². The zero-order valence-corrected chi connectivity index (χ0v) is 18.8. The van der Waals surface area contributed by atoms with Crippen molar-refractivity contribution in [3.05, 3.63) is 58.4 Å². The van der Waals surface area contributed by atoms with E-state index in [0.29, 0.717) is 0 Å². The van der Waals surface area contributed by atoms with Crippen LogP contribution in [0.5, 0.6) is 0 Å². The average molecular weight is 410 g/mol. The number of carbonyl (C=O) groups is 2. The average Bonchev–Trinajstić information content (AvgIpc) is 2.94. The van der Waals surface area contributed by atoms with Crippen molar-refractivity contribution in [2.75, 3.05) is 14.1 Å². The summed E-state index contributed by atoms with van der Waals surface area (Å²) in [7, 11) is 3.17. The first-order valence-electron chi connectivity index (χ1n) is 9.55. The van der Waals surface area contributed by atoms with Gasteiger partial charge in [-0.2, -0.15) is 0 Å². The third-order valence-electron chi connectivity index (χ3n) is 5.41. The van der Waals surface area contributed by atoms with Crippen LogP contribution in [-0.4, -0.2) is 45.4 Å². The van der Waals surface area contributed by atoms with Gasteiger partial charge in [-0.05, 0) is 66.9 Å². The van der Waals surface area contributed by atoms with Crippen LogP contribution >= 0.6 is 12.2 Å². The van der Waals surface area contributed by atoms with E-state index in [9.17, 15) is 9.59 Å². The Bertz CT molecular complexity index is 1010. The van der Waals surface area contributed by atoms with E-state index < -0.39 is 0 Å². The summed E-state index contributed by atoms with van der Waals surface area (Å²) in [4.78, 5) is 27.9. The SMILES string of the molecule is Cc1cc(C=C2C(=O)N(C)C(=S)N(C)C2=O)c(C)n1-c1ccc(C(C)(C)C)cc1. The third-order valence-corrected chi connectivity index (χ3v) is 5.95. The van der Waals surface area contributed by atoms with Crippen LogP contribution < -0.4 is 0 Å². The molecule has 1 saturated heterocycles. The molecule has 6 heteroatoms. The minimum absolute atomic E-state index is 0.0925. The number of hydrogen-bond donors (Lipinski definition) is 0. The molecule has 3 rings (SSSR count). The number of rotatable bonds is 2. The lowest BCUT2D eigenvalue weighted by Gasteiger charge is -2.31. The Morgan fingerprint density at radius 3 is 1.93 bits per heavy atom. The smallest absolute Gasteiger partial charge is 0.265 e. The number of likely N-dealkylation sites (N-methyl/N-ethyl adjacent to an activating group) is 2. The predicted octanol–water partition coefficient (Wildman–Crippen LogP) is 3.99. The fourth-order valence-electron chi connectivity index (χ4n) is 3.57. The molecule has 1 aliphatic heterocycles. The van der Waals surface area contributed by atoms with Crippen molar-refractivity contribution in [3.8, 4) is 5.69 Å². The Balaban J connectivity index is 2.04. The number of thiocarbonyl (C=S) groups is 1. The minimum Gasteiger partial charge on any atom is -0.318 e. The lowest BCUT2D eigenvalue weighted by Crippen LogP contribution is -2.52. The van der Waals surface area contributed by atoms with E-state index in [4.69, 9.17) is 12.2 Å². The first-order chi connectivity index (χ1) is 13.4. The van der Waals surface area contributed by atoms with Crippen molar-refractivity contribution >= 4 is 35.2 Å². The van der Waals surface area contributed by atoms with Crippen molar-refractivity contribution in [2.24, 2.45) is 0 Å². The lowest BCUT2D eigenvalue weighted by atomic mass is 9.87. The summed E-state index contributed by atoms with van der Waals surface area (Å²) < 4.78 is 2.13. The molecular formula is C23H27N3O2S. The van der Waals surface area contributed by atoms with E-state index in [2.05, 4.69) is 49.6 Å². The van der Waals surface area contributed by atoms with Gasteiger partial charge in [0.25, 0.3) is 11.8 Å². The van der Waals surface area contributed by atoms with Gasteiger partial charge in [-0.3, -0.25) is 19.4 Å². The molecule has 0 bridgehead atoms. The Morgan fingerprint density at radius 1 is 0.931 bits per heavy atom. The van der Waals surface area contributed by atoms with Crippen molar-refractivity contribution in [2.45, 2.75) is 40.0 Å². The molecule has 0 spiro atoms. The standard InChI is InChI=1S/C23H27N3O2S/c1-14-12-16(13-19-20(27)24(6)22(29)25(7)21(19)28)15(2)26(14)18-10-8-17(9-11-18)23(3,4)5/h8-13H,1-7H3. The number of aromatic nitrogens is 1. The summed E-state index contributed by atoms with van der Waals surface area (Å²) in [5.41, 5.74) is 5.37. The number of aryl methyl sites for hydroxylation is 1. The van der Waals surface area contributed by atoms with Gasteiger partial charge in [0.05, 0.1) is 0 Å². The molecule has 2 amide bonds. The highest BCUT2D eigenvalue weighted by Crippen LogP contribution is 2.27. The molecule has 0 N–H and O–H groups in total. The molecule has 0 saturated carbocycles. The first-order valence-corrected chi connectivity index (χ1v) is 9.96. The Hall–Kier alpha value is -2.73. The molecule has 2 aromatic rings. The van der Waals surface area contributed by atoms with E-state index in [-0.39, 0.29) is 27.9 Å². The Morgan fingerprint density at radius 2 is 1.45 bits per heavy atom. The van der Waals surface area contributed by atoms with Crippen LogP contribution in [0.15, 0.2) is 35.9 Å². The summed E-state index contributed by atoms with van der Waals surface area (Å²) >= 11 is 5.15. The molecule has 0 radical (unpaired) electrons. The molecule has 1 aliphatic rings. The molecule has 1 aromatic heterocycles. The van der Waals surface area contributed by atoms with Gasteiger partial charge >= 0.3 is 0 Å². The van der Waals surface area contributed by atoms with Crippen LogP contribution in [0.25, 0.3) is 11.8 Å². The van der Waals surface area contributed by atoms with Gasteiger partial charge in [0.1, 0.15) is 5.57 Å². The second-order valence-electron chi connectivity index (χ2n) is 8.53. The minimum atomic E-state index is -0.377. The topological polar surface area (TPSA) is 45.6 Å². The highest BCUT2D eigenvalue weighted by molar-refractivity contribution is 7.80. The highest BCUT2D eigenvalue weighted by Gasteiger charge is 2.35. The van der Waals surface area contributed by atoms with E-state index in [1.807, 2.05) is 19.9 Å². The number of nitrogens with zero attached hydrogens (tertiary/aromatic N) is 3. The fraction of sp³-hybridized carbons (Fsp3) is 0.348. The maximum Gasteiger partial charge on any atom is 0.265 e. The molecule has 152 valence electrons. The number of carbonyl (C=O) groups excluding carboxylic acids is 2. The Labute approximate surface area is 177 Å². The third kappa shape index (κ3) is 3.65. The van der Waals surface area contributed by atoms with Crippen LogP contribution in [0.2, 0.25) is 0 Å². The van der Waals surface area contributed by atoms with Crippen LogP contribution in [-0.2, 0) is 15.0 Å². The second kappa shape index (κ2) is 7.26. The fourth-order valence-corrected chi connectivity index (χ4v) is 3.74. The molecular weight excluding hydrogens is 382 g/mol. The molecule has 0 aliphatic carbocycles. The molecule has 1 aromatic carbocycles. The van der Waals surface area contributed by atoms with Crippen molar-refractivity contribution < 1.29 is 9.59 Å². The largest absolute Gasteiger partial charge is 0.318 e. The molecule has 0 atom stereocenters. The van der Waals surface area contributed by atoms with Crippen LogP contribution in [0.3, 0.4) is 0 Å². The lowest BCUT2D eigenvalue weighted by molar-refractivity contribution is -0.132. The summed E-state index contributed by atoms with van der Waals surface area (Å²) in [6, 6.07) is 10.5. The van der Waals surface area contributed by atoms with E-state index in [0.717, 1.165) is 22.6 Å². The molecule has 2 heterocycles. The van der Waals surface area contributed by atoms with E-state index in [1.165, 1.54) is 15.4 Å². The van der Waals surface area contributed by atoms with Crippen LogP contribution in [0, 0.1) is 13.8 Å². The Kier molecular flexibility index (Phi) is 5.26. The number of amides is 2. The summed E-state index contributed by atoms with van der Waals surface area (Å²) in [6.07, 6.45) is 1.67. The maximum atomic E-state index is 12.6. The zero-order valence-electron chi connectivity index (χ0n) is 18.0. The van der Waals surface area contributed by atoms with Crippen LogP contribution in [0.1, 0.15) is 43.3 Å². The molecule has 29 heavy (non-hydrogen) atoms. The van der Waals surface area contributed by atoms with E-state index in [1.54, 1.807) is 20.2 Å². The first kappa shape index (κ1) is 21.0. The highest BCUT2D eigenvalue weighted by atomic mass is 32.1. The van der Waals surface area contributed by atoms with Crippen molar-refractivity contribution in [3.63, 3.8) is 0 Å². The van der Waals surface area contributed by atoms with Gasteiger partial charge in [0, 0.05) is 31.2 Å². The number of benzene rings is 1. The van der Waals surface area contributed by atoms with Gasteiger partial charge in [-0.25, -0.2) is 0 Å². The summed E-state index contributed by atoms with van der Waals surface area (Å²) in [5.74, 6) is -0.755. The molecule has 5 nitrogen and oxygen atoms in total. The monoisotopic (exact) mass is 409 g/mol. The van der Waals surface area contributed by atoms with Gasteiger partial charge in [0.15, 0.2) is 5.11 Å².